The second-order valence-electron chi connectivity index (χ2n) is 6.21. The first-order valence-corrected chi connectivity index (χ1v) is 7.12. The fraction of sp³-hybridized carbons (Fsp3) is 0.625. The van der Waals surface area contributed by atoms with Gasteiger partial charge in [-0.2, -0.15) is 0 Å². The third-order valence-corrected chi connectivity index (χ3v) is 4.62. The molecular formula is C16H21FO. The Balaban J connectivity index is 1.64. The first kappa shape index (κ1) is 12.2. The summed E-state index contributed by atoms with van der Waals surface area (Å²) < 4.78 is 12.9. The second-order valence-corrected chi connectivity index (χ2v) is 6.21. The molecule has 0 heterocycles. The molecule has 18 heavy (non-hydrogen) atoms. The van der Waals surface area contributed by atoms with Gasteiger partial charge in [-0.25, -0.2) is 4.39 Å². The van der Waals surface area contributed by atoms with Crippen molar-refractivity contribution in [3.8, 4) is 0 Å². The van der Waals surface area contributed by atoms with Crippen LogP contribution in [0.15, 0.2) is 24.3 Å². The van der Waals surface area contributed by atoms with Crippen LogP contribution in [0.3, 0.4) is 0 Å². The lowest BCUT2D eigenvalue weighted by Crippen LogP contribution is -2.20. The predicted octanol–water partition coefficient (Wildman–Crippen LogP) is 4.01. The molecule has 0 spiro atoms. The summed E-state index contributed by atoms with van der Waals surface area (Å²) in [5, 5.41) is 10.0. The average molecular weight is 248 g/mol. The molecule has 1 aromatic carbocycles. The number of benzene rings is 1. The molecule has 2 unspecified atom stereocenters. The minimum Gasteiger partial charge on any atom is -0.390 e. The van der Waals surface area contributed by atoms with Crippen molar-refractivity contribution in [1.29, 1.82) is 0 Å². The molecule has 2 heteroatoms. The van der Waals surface area contributed by atoms with E-state index in [0.29, 0.717) is 11.8 Å². The van der Waals surface area contributed by atoms with Crippen LogP contribution >= 0.6 is 0 Å². The van der Waals surface area contributed by atoms with Gasteiger partial charge in [-0.05, 0) is 61.6 Å². The summed E-state index contributed by atoms with van der Waals surface area (Å²) in [7, 11) is 0. The largest absolute Gasteiger partial charge is 0.390 e. The molecule has 0 amide bonds. The molecule has 1 aromatic rings. The monoisotopic (exact) mass is 248 g/mol. The number of rotatable bonds is 3. The van der Waals surface area contributed by atoms with E-state index in [0.717, 1.165) is 25.7 Å². The smallest absolute Gasteiger partial charge is 0.123 e. The molecule has 2 aliphatic carbocycles. The molecule has 3 rings (SSSR count). The summed E-state index contributed by atoms with van der Waals surface area (Å²) in [5.74, 6) is 1.06. The molecule has 0 aliphatic heterocycles. The maximum atomic E-state index is 12.9. The number of hydrogen-bond acceptors (Lipinski definition) is 1. The van der Waals surface area contributed by atoms with E-state index in [4.69, 9.17) is 0 Å². The highest BCUT2D eigenvalue weighted by Gasteiger charge is 2.42. The van der Waals surface area contributed by atoms with E-state index in [2.05, 4.69) is 0 Å². The van der Waals surface area contributed by atoms with Gasteiger partial charge in [0.05, 0.1) is 5.60 Å². The quantitative estimate of drug-likeness (QED) is 0.856. The highest BCUT2D eigenvalue weighted by atomic mass is 19.1. The fourth-order valence-electron chi connectivity index (χ4n) is 3.40. The van der Waals surface area contributed by atoms with E-state index < -0.39 is 0 Å². The highest BCUT2D eigenvalue weighted by Crippen LogP contribution is 2.46. The van der Waals surface area contributed by atoms with Gasteiger partial charge in [-0.1, -0.05) is 25.0 Å². The minimum absolute atomic E-state index is 0.154. The minimum atomic E-state index is -0.324. The van der Waals surface area contributed by atoms with Gasteiger partial charge < -0.3 is 5.11 Å². The Bertz CT molecular complexity index is 408. The summed E-state index contributed by atoms with van der Waals surface area (Å²) in [6.07, 6.45) is 7.82. The van der Waals surface area contributed by atoms with Crippen molar-refractivity contribution in [3.63, 3.8) is 0 Å². The van der Waals surface area contributed by atoms with Gasteiger partial charge in [0.1, 0.15) is 5.82 Å². The summed E-state index contributed by atoms with van der Waals surface area (Å²) in [4.78, 5) is 0. The van der Waals surface area contributed by atoms with Crippen LogP contribution in [0.1, 0.15) is 56.4 Å². The lowest BCUT2D eigenvalue weighted by molar-refractivity contribution is 0.104. The Kier molecular flexibility index (Phi) is 3.14. The van der Waals surface area contributed by atoms with E-state index >= 15 is 0 Å². The third-order valence-electron chi connectivity index (χ3n) is 4.62. The third kappa shape index (κ3) is 2.74. The Hall–Kier alpha value is -0.890. The molecule has 1 N–H and O–H groups in total. The lowest BCUT2D eigenvalue weighted by Gasteiger charge is -2.30. The standard InChI is InChI=1S/C16H21FO/c17-15-6-4-13(5-7-15)14-3-1-2-12(10-14)11-16(18)8-9-16/h4-7,12,14,18H,1-3,8-11H2. The Morgan fingerprint density at radius 1 is 1.17 bits per heavy atom. The van der Waals surface area contributed by atoms with Crippen LogP contribution in [0.5, 0.6) is 0 Å². The number of halogens is 1. The number of hydrogen-bond donors (Lipinski definition) is 1. The van der Waals surface area contributed by atoms with Crippen molar-refractivity contribution in [2.24, 2.45) is 5.92 Å². The first-order valence-electron chi connectivity index (χ1n) is 7.12. The van der Waals surface area contributed by atoms with Crippen molar-refractivity contribution < 1.29 is 9.50 Å². The van der Waals surface area contributed by atoms with Gasteiger partial charge in [0.25, 0.3) is 0 Å². The second kappa shape index (κ2) is 4.65. The van der Waals surface area contributed by atoms with Crippen LogP contribution in [0.25, 0.3) is 0 Å². The maximum Gasteiger partial charge on any atom is 0.123 e. The van der Waals surface area contributed by atoms with Crippen molar-refractivity contribution in [2.45, 2.75) is 56.5 Å². The van der Waals surface area contributed by atoms with E-state index in [9.17, 15) is 9.50 Å². The van der Waals surface area contributed by atoms with Crippen LogP contribution in [0.4, 0.5) is 4.39 Å². The molecule has 0 saturated heterocycles. The van der Waals surface area contributed by atoms with E-state index in [1.807, 2.05) is 12.1 Å². The zero-order valence-corrected chi connectivity index (χ0v) is 10.7. The Labute approximate surface area is 108 Å². The van der Waals surface area contributed by atoms with Gasteiger partial charge in [-0.3, -0.25) is 0 Å². The number of aliphatic hydroxyl groups is 1. The summed E-state index contributed by atoms with van der Waals surface area (Å²) >= 11 is 0. The molecule has 1 nitrogen and oxygen atoms in total. The summed E-state index contributed by atoms with van der Waals surface area (Å²) in [6, 6.07) is 6.98. The average Bonchev–Trinajstić information content (AvgIpc) is 3.08. The van der Waals surface area contributed by atoms with E-state index in [-0.39, 0.29) is 11.4 Å². The van der Waals surface area contributed by atoms with Gasteiger partial charge in [0.15, 0.2) is 0 Å². The molecule has 2 saturated carbocycles. The Morgan fingerprint density at radius 3 is 2.56 bits per heavy atom. The van der Waals surface area contributed by atoms with Crippen LogP contribution in [0.2, 0.25) is 0 Å². The van der Waals surface area contributed by atoms with Gasteiger partial charge in [0.2, 0.25) is 0 Å². The van der Waals surface area contributed by atoms with E-state index in [1.165, 1.54) is 24.8 Å². The van der Waals surface area contributed by atoms with Crippen LogP contribution in [0, 0.1) is 11.7 Å². The van der Waals surface area contributed by atoms with Gasteiger partial charge >= 0.3 is 0 Å². The van der Waals surface area contributed by atoms with E-state index in [1.54, 1.807) is 12.1 Å². The molecule has 0 radical (unpaired) electrons. The molecule has 98 valence electrons. The Morgan fingerprint density at radius 2 is 1.89 bits per heavy atom. The molecule has 2 atom stereocenters. The first-order chi connectivity index (χ1) is 8.65. The van der Waals surface area contributed by atoms with Crippen molar-refractivity contribution in [3.05, 3.63) is 35.6 Å². The van der Waals surface area contributed by atoms with Crippen molar-refractivity contribution in [1.82, 2.24) is 0 Å². The SMILES string of the molecule is OC1(CC2CCCC(c3ccc(F)cc3)C2)CC1. The molecule has 2 fully saturated rings. The predicted molar refractivity (Wildman–Crippen MR) is 69.9 cm³/mol. The normalized spacial score (nSPS) is 30.1. The zero-order chi connectivity index (χ0) is 12.6. The lowest BCUT2D eigenvalue weighted by atomic mass is 9.76. The highest BCUT2D eigenvalue weighted by molar-refractivity contribution is 5.21. The maximum absolute atomic E-state index is 12.9. The molecule has 0 aromatic heterocycles. The summed E-state index contributed by atoms with van der Waals surface area (Å²) in [5.41, 5.74) is 0.943. The van der Waals surface area contributed by atoms with Crippen molar-refractivity contribution in [2.75, 3.05) is 0 Å². The topological polar surface area (TPSA) is 20.2 Å². The summed E-state index contributed by atoms with van der Waals surface area (Å²) in [6.45, 7) is 0. The fourth-order valence-corrected chi connectivity index (χ4v) is 3.40. The van der Waals surface area contributed by atoms with Crippen LogP contribution in [-0.2, 0) is 0 Å². The van der Waals surface area contributed by atoms with Gasteiger partial charge in [-0.15, -0.1) is 0 Å². The zero-order valence-electron chi connectivity index (χ0n) is 10.7. The molecule has 2 aliphatic rings. The van der Waals surface area contributed by atoms with Crippen LogP contribution in [-0.4, -0.2) is 10.7 Å². The molecule has 0 bridgehead atoms. The van der Waals surface area contributed by atoms with Crippen molar-refractivity contribution >= 4 is 0 Å². The van der Waals surface area contributed by atoms with Crippen LogP contribution < -0.4 is 0 Å². The van der Waals surface area contributed by atoms with Gasteiger partial charge in [0, 0.05) is 0 Å². The molecular weight excluding hydrogens is 227 g/mol.